The molecule has 3 aromatic carbocycles. The van der Waals surface area contributed by atoms with Crippen LogP contribution in [0.3, 0.4) is 0 Å². The summed E-state index contributed by atoms with van der Waals surface area (Å²) in [5.74, 6) is 0.341. The number of rotatable bonds is 12. The molecule has 2 aliphatic heterocycles. The van der Waals surface area contributed by atoms with Gasteiger partial charge in [0.05, 0.1) is 38.4 Å². The molecule has 0 aromatic heterocycles. The first-order valence-corrected chi connectivity index (χ1v) is 12.2. The molecule has 37 heavy (non-hydrogen) atoms. The first-order chi connectivity index (χ1) is 18.0. The van der Waals surface area contributed by atoms with Gasteiger partial charge >= 0.3 is 5.97 Å². The van der Waals surface area contributed by atoms with Crippen molar-refractivity contribution in [2.75, 3.05) is 46.2 Å². The van der Waals surface area contributed by atoms with Gasteiger partial charge in [-0.15, -0.1) is 0 Å². The molecule has 0 spiro atoms. The lowest BCUT2D eigenvalue weighted by molar-refractivity contribution is -0.220. The fourth-order valence-electron chi connectivity index (χ4n) is 4.32. The van der Waals surface area contributed by atoms with Crippen molar-refractivity contribution in [1.82, 2.24) is 0 Å². The molecule has 2 saturated heterocycles. The van der Waals surface area contributed by atoms with Crippen LogP contribution in [0, 0.1) is 5.41 Å². The average Bonchev–Trinajstić information content (AvgIpc) is 2.88. The molecule has 0 unspecified atom stereocenters. The zero-order valence-corrected chi connectivity index (χ0v) is 20.4. The fraction of sp³-hybridized carbons (Fsp3) is 0.345. The fourth-order valence-corrected chi connectivity index (χ4v) is 4.32. The Balaban J connectivity index is 1.31. The molecule has 0 saturated carbocycles. The van der Waals surface area contributed by atoms with Crippen LogP contribution in [-0.4, -0.2) is 62.4 Å². The normalized spacial score (nSPS) is 17.3. The summed E-state index contributed by atoms with van der Waals surface area (Å²) in [6.45, 7) is 1.85. The highest BCUT2D eigenvalue weighted by molar-refractivity contribution is 5.68. The summed E-state index contributed by atoms with van der Waals surface area (Å²) in [4.78, 5) is 11.0. The smallest absolute Gasteiger partial charge is 0.329 e. The van der Waals surface area contributed by atoms with E-state index in [1.54, 1.807) is 0 Å². The van der Waals surface area contributed by atoms with E-state index >= 15 is 0 Å². The predicted molar refractivity (Wildman–Crippen MR) is 135 cm³/mol. The van der Waals surface area contributed by atoms with E-state index in [-0.39, 0.29) is 25.2 Å². The van der Waals surface area contributed by atoms with Gasteiger partial charge in [0, 0.05) is 5.56 Å². The van der Waals surface area contributed by atoms with Gasteiger partial charge in [-0.25, -0.2) is 4.79 Å². The molecular weight excluding hydrogens is 476 g/mol. The zero-order valence-electron chi connectivity index (χ0n) is 20.4. The largest absolute Gasteiger partial charge is 0.492 e. The highest BCUT2D eigenvalue weighted by Gasteiger charge is 2.42. The van der Waals surface area contributed by atoms with Gasteiger partial charge in [-0.3, -0.25) is 0 Å². The van der Waals surface area contributed by atoms with Gasteiger partial charge in [0.1, 0.15) is 36.9 Å². The summed E-state index contributed by atoms with van der Waals surface area (Å²) in [6.07, 6.45) is 0. The minimum absolute atomic E-state index is 0.00991. The third-order valence-corrected chi connectivity index (χ3v) is 6.77. The molecule has 8 heteroatoms. The van der Waals surface area contributed by atoms with E-state index in [2.05, 4.69) is 18.2 Å². The number of carbonyl (C=O) groups is 1. The van der Waals surface area contributed by atoms with E-state index < -0.39 is 11.6 Å². The third-order valence-electron chi connectivity index (χ3n) is 6.77. The minimum atomic E-state index is -1.02. The van der Waals surface area contributed by atoms with E-state index in [0.29, 0.717) is 44.5 Å². The molecule has 3 aromatic rings. The van der Waals surface area contributed by atoms with Crippen molar-refractivity contribution >= 4 is 5.97 Å². The highest BCUT2D eigenvalue weighted by Crippen LogP contribution is 2.35. The van der Waals surface area contributed by atoms with Crippen LogP contribution >= 0.6 is 0 Å². The molecule has 8 nitrogen and oxygen atoms in total. The van der Waals surface area contributed by atoms with Gasteiger partial charge in [0.2, 0.25) is 0 Å². The minimum Gasteiger partial charge on any atom is -0.492 e. The Morgan fingerprint density at radius 2 is 1.59 bits per heavy atom. The van der Waals surface area contributed by atoms with Gasteiger partial charge in [-0.05, 0) is 41.0 Å². The van der Waals surface area contributed by atoms with Crippen LogP contribution in [0.4, 0.5) is 0 Å². The van der Waals surface area contributed by atoms with Crippen LogP contribution in [0.1, 0.15) is 11.1 Å². The van der Waals surface area contributed by atoms with E-state index in [0.717, 1.165) is 22.3 Å². The standard InChI is InChI=1S/C29H30O8/c30-15-28(16-33-17-28)18-36-26-11-6-22(21-4-2-1-3-5-21)12-23(26)13-35-25-9-7-24(8-10-25)29(19-34-20-29)37-14-27(31)32/h1-12,30H,13-20H2,(H,31,32). The quantitative estimate of drug-likeness (QED) is 0.384. The Labute approximate surface area is 215 Å². The van der Waals surface area contributed by atoms with Crippen molar-refractivity contribution in [2.45, 2.75) is 12.2 Å². The van der Waals surface area contributed by atoms with Crippen LogP contribution in [0.5, 0.6) is 11.5 Å². The SMILES string of the molecule is O=C(O)COC1(c2ccc(OCc3cc(-c4ccccc4)ccc3OCC3(CO)COC3)cc2)COC1. The summed E-state index contributed by atoms with van der Waals surface area (Å²) in [7, 11) is 0. The number of hydrogen-bond donors (Lipinski definition) is 2. The maximum absolute atomic E-state index is 11.0. The molecule has 194 valence electrons. The Hall–Kier alpha value is -3.43. The summed E-state index contributed by atoms with van der Waals surface area (Å²) in [5.41, 5.74) is 2.76. The topological polar surface area (TPSA) is 104 Å². The first-order valence-electron chi connectivity index (χ1n) is 12.2. The van der Waals surface area contributed by atoms with Gasteiger partial charge < -0.3 is 33.9 Å². The van der Waals surface area contributed by atoms with Crippen LogP contribution in [0.15, 0.2) is 72.8 Å². The van der Waals surface area contributed by atoms with Gasteiger partial charge in [0.15, 0.2) is 0 Å². The number of benzene rings is 3. The molecular formula is C29H30O8. The lowest BCUT2D eigenvalue weighted by Crippen LogP contribution is -2.50. The Morgan fingerprint density at radius 1 is 0.865 bits per heavy atom. The van der Waals surface area contributed by atoms with Crippen molar-refractivity contribution in [1.29, 1.82) is 0 Å². The molecule has 2 aliphatic rings. The van der Waals surface area contributed by atoms with Crippen molar-refractivity contribution in [3.63, 3.8) is 0 Å². The molecule has 0 aliphatic carbocycles. The molecule has 2 N–H and O–H groups in total. The summed E-state index contributed by atoms with van der Waals surface area (Å²) < 4.78 is 28.5. The zero-order chi connectivity index (χ0) is 25.7. The average molecular weight is 507 g/mol. The third kappa shape index (κ3) is 5.62. The van der Waals surface area contributed by atoms with Crippen LogP contribution in [-0.2, 0) is 31.2 Å². The molecule has 0 atom stereocenters. The van der Waals surface area contributed by atoms with Crippen molar-refractivity contribution < 1.29 is 38.7 Å². The number of aliphatic hydroxyl groups excluding tert-OH is 1. The number of carboxylic acid groups (broad SMARTS) is 1. The van der Waals surface area contributed by atoms with E-state index in [4.69, 9.17) is 28.8 Å². The van der Waals surface area contributed by atoms with Gasteiger partial charge in [-0.2, -0.15) is 0 Å². The molecule has 0 bridgehead atoms. The van der Waals surface area contributed by atoms with Crippen LogP contribution in [0.25, 0.3) is 11.1 Å². The molecule has 0 amide bonds. The number of hydrogen-bond acceptors (Lipinski definition) is 7. The second kappa shape index (κ2) is 10.9. The van der Waals surface area contributed by atoms with Crippen LogP contribution in [0.2, 0.25) is 0 Å². The maximum Gasteiger partial charge on any atom is 0.329 e. The maximum atomic E-state index is 11.0. The molecule has 0 radical (unpaired) electrons. The van der Waals surface area contributed by atoms with Crippen molar-refractivity contribution in [3.05, 3.63) is 83.9 Å². The van der Waals surface area contributed by atoms with Gasteiger partial charge in [-0.1, -0.05) is 48.5 Å². The number of carboxylic acids is 1. The van der Waals surface area contributed by atoms with E-state index in [1.807, 2.05) is 54.6 Å². The monoisotopic (exact) mass is 506 g/mol. The van der Waals surface area contributed by atoms with Gasteiger partial charge in [0.25, 0.3) is 0 Å². The summed E-state index contributed by atoms with van der Waals surface area (Å²) in [5, 5.41) is 18.7. The molecule has 5 rings (SSSR count). The second-order valence-corrected chi connectivity index (χ2v) is 9.61. The van der Waals surface area contributed by atoms with E-state index in [1.165, 1.54) is 0 Å². The second-order valence-electron chi connectivity index (χ2n) is 9.61. The number of aliphatic hydroxyl groups is 1. The van der Waals surface area contributed by atoms with E-state index in [9.17, 15) is 9.90 Å². The lowest BCUT2D eigenvalue weighted by atomic mass is 9.88. The summed E-state index contributed by atoms with van der Waals surface area (Å²) in [6, 6.07) is 23.5. The number of aliphatic carboxylic acids is 1. The first kappa shape index (κ1) is 25.2. The molecule has 2 heterocycles. The Bertz CT molecular complexity index is 1190. The molecule has 2 fully saturated rings. The Kier molecular flexibility index (Phi) is 7.43. The lowest BCUT2D eigenvalue weighted by Gasteiger charge is -2.41. The Morgan fingerprint density at radius 3 is 2.19 bits per heavy atom. The predicted octanol–water partition coefficient (Wildman–Crippen LogP) is 3.65. The number of ether oxygens (including phenoxy) is 5. The van der Waals surface area contributed by atoms with Crippen molar-refractivity contribution in [3.8, 4) is 22.6 Å². The highest BCUT2D eigenvalue weighted by atomic mass is 16.6. The van der Waals surface area contributed by atoms with Crippen LogP contribution < -0.4 is 9.47 Å². The van der Waals surface area contributed by atoms with Crippen molar-refractivity contribution in [2.24, 2.45) is 5.41 Å². The summed E-state index contributed by atoms with van der Waals surface area (Å²) >= 11 is 0.